The summed E-state index contributed by atoms with van der Waals surface area (Å²) in [5, 5.41) is 7.33. The average molecular weight is 272 g/mol. The van der Waals surface area contributed by atoms with E-state index in [0.29, 0.717) is 11.4 Å². The van der Waals surface area contributed by atoms with Crippen LogP contribution in [0.5, 0.6) is 0 Å². The van der Waals surface area contributed by atoms with E-state index in [2.05, 4.69) is 10.4 Å². The molecule has 0 radical (unpaired) electrons. The van der Waals surface area contributed by atoms with Crippen molar-refractivity contribution >= 4 is 17.5 Å². The maximum Gasteiger partial charge on any atom is 0.255 e. The van der Waals surface area contributed by atoms with Crippen LogP contribution < -0.4 is 5.32 Å². The zero-order valence-corrected chi connectivity index (χ0v) is 12.6. The van der Waals surface area contributed by atoms with Crippen LogP contribution in [0.3, 0.4) is 0 Å². The van der Waals surface area contributed by atoms with Gasteiger partial charge in [-0.3, -0.25) is 9.48 Å². The molecule has 0 aliphatic heterocycles. The molecule has 4 nitrogen and oxygen atoms in total. The zero-order valence-electron chi connectivity index (χ0n) is 11.8. The van der Waals surface area contributed by atoms with E-state index in [-0.39, 0.29) is 11.4 Å². The average Bonchev–Trinajstić information content (AvgIpc) is 2.60. The van der Waals surface area contributed by atoms with Crippen molar-refractivity contribution in [3.05, 3.63) is 17.0 Å². The quantitative estimate of drug-likeness (QED) is 0.837. The standard InChI is InChI=1S/C13H22ClN3O/c1-6-13(7-2,8-14)15-12(18)11-9(3)16-17(5)10(11)4/h6-8H2,1-5H3,(H,15,18). The number of rotatable bonds is 5. The molecule has 1 heterocycles. The van der Waals surface area contributed by atoms with Gasteiger partial charge in [-0.05, 0) is 26.7 Å². The fourth-order valence-electron chi connectivity index (χ4n) is 2.05. The third-order valence-electron chi connectivity index (χ3n) is 3.72. The molecule has 1 aromatic heterocycles. The Bertz CT molecular complexity index is 427. The molecule has 1 N–H and O–H groups in total. The second kappa shape index (κ2) is 5.74. The number of carbonyl (C=O) groups excluding carboxylic acids is 1. The first-order valence-electron chi connectivity index (χ1n) is 6.29. The lowest BCUT2D eigenvalue weighted by Crippen LogP contribution is -2.49. The first kappa shape index (κ1) is 15.0. The summed E-state index contributed by atoms with van der Waals surface area (Å²) in [6.45, 7) is 7.82. The molecule has 1 amide bonds. The highest BCUT2D eigenvalue weighted by atomic mass is 35.5. The topological polar surface area (TPSA) is 46.9 Å². The molecule has 0 aliphatic carbocycles. The summed E-state index contributed by atoms with van der Waals surface area (Å²) < 4.78 is 1.73. The molecule has 18 heavy (non-hydrogen) atoms. The van der Waals surface area contributed by atoms with Gasteiger partial charge in [0, 0.05) is 18.6 Å². The second-order valence-electron chi connectivity index (χ2n) is 4.74. The molecule has 0 saturated heterocycles. The Balaban J connectivity index is 3.01. The molecule has 0 spiro atoms. The minimum absolute atomic E-state index is 0.0811. The lowest BCUT2D eigenvalue weighted by molar-refractivity contribution is 0.0901. The minimum Gasteiger partial charge on any atom is -0.345 e. The van der Waals surface area contributed by atoms with E-state index in [4.69, 9.17) is 11.6 Å². The van der Waals surface area contributed by atoms with Gasteiger partial charge in [-0.1, -0.05) is 13.8 Å². The van der Waals surface area contributed by atoms with Crippen molar-refractivity contribution in [1.29, 1.82) is 0 Å². The van der Waals surface area contributed by atoms with Crippen molar-refractivity contribution < 1.29 is 4.79 Å². The number of alkyl halides is 1. The molecule has 0 aromatic carbocycles. The molecule has 0 unspecified atom stereocenters. The molecule has 5 heteroatoms. The van der Waals surface area contributed by atoms with Gasteiger partial charge in [-0.2, -0.15) is 5.10 Å². The third kappa shape index (κ3) is 2.69. The summed E-state index contributed by atoms with van der Waals surface area (Å²) in [5.41, 5.74) is 1.96. The Morgan fingerprint density at radius 2 is 1.94 bits per heavy atom. The number of amides is 1. The van der Waals surface area contributed by atoms with Crippen LogP contribution in [0.2, 0.25) is 0 Å². The van der Waals surface area contributed by atoms with Crippen molar-refractivity contribution in [1.82, 2.24) is 15.1 Å². The van der Waals surface area contributed by atoms with Crippen LogP contribution >= 0.6 is 11.6 Å². The first-order valence-corrected chi connectivity index (χ1v) is 6.83. The number of nitrogens with one attached hydrogen (secondary N) is 1. The van der Waals surface area contributed by atoms with E-state index >= 15 is 0 Å². The summed E-state index contributed by atoms with van der Waals surface area (Å²) in [6.07, 6.45) is 1.63. The van der Waals surface area contributed by atoms with Gasteiger partial charge in [-0.25, -0.2) is 0 Å². The number of aryl methyl sites for hydroxylation is 2. The molecule has 0 fully saturated rings. The van der Waals surface area contributed by atoms with Gasteiger partial charge in [0.05, 0.1) is 16.8 Å². The van der Waals surface area contributed by atoms with Crippen LogP contribution in [0.25, 0.3) is 0 Å². The molecule has 0 bridgehead atoms. The van der Waals surface area contributed by atoms with E-state index < -0.39 is 0 Å². The van der Waals surface area contributed by atoms with Gasteiger partial charge in [0.1, 0.15) is 0 Å². The fourth-order valence-corrected chi connectivity index (χ4v) is 2.50. The Kier molecular flexibility index (Phi) is 4.79. The van der Waals surface area contributed by atoms with Gasteiger partial charge < -0.3 is 5.32 Å². The van der Waals surface area contributed by atoms with Gasteiger partial charge >= 0.3 is 0 Å². The lowest BCUT2D eigenvalue weighted by Gasteiger charge is -2.30. The van der Waals surface area contributed by atoms with E-state index in [1.54, 1.807) is 4.68 Å². The highest BCUT2D eigenvalue weighted by Crippen LogP contribution is 2.19. The van der Waals surface area contributed by atoms with Crippen molar-refractivity contribution in [2.45, 2.75) is 46.1 Å². The summed E-state index contributed by atoms with van der Waals surface area (Å²) in [5.74, 6) is 0.340. The normalized spacial score (nSPS) is 11.7. The van der Waals surface area contributed by atoms with Crippen LogP contribution in [0.15, 0.2) is 0 Å². The van der Waals surface area contributed by atoms with Crippen molar-refractivity contribution in [3.63, 3.8) is 0 Å². The Labute approximate surface area is 114 Å². The lowest BCUT2D eigenvalue weighted by atomic mass is 9.94. The number of aromatic nitrogens is 2. The predicted molar refractivity (Wildman–Crippen MR) is 74.2 cm³/mol. The van der Waals surface area contributed by atoms with E-state index in [1.165, 1.54) is 0 Å². The number of hydrogen-bond acceptors (Lipinski definition) is 2. The van der Waals surface area contributed by atoms with Gasteiger partial charge in [-0.15, -0.1) is 11.6 Å². The minimum atomic E-state index is -0.326. The molecule has 1 rings (SSSR count). The Morgan fingerprint density at radius 3 is 2.28 bits per heavy atom. The van der Waals surface area contributed by atoms with E-state index in [1.807, 2.05) is 34.7 Å². The SMILES string of the molecule is CCC(CC)(CCl)NC(=O)c1c(C)nn(C)c1C. The number of nitrogens with zero attached hydrogens (tertiary/aromatic N) is 2. The molecule has 102 valence electrons. The second-order valence-corrected chi connectivity index (χ2v) is 5.01. The smallest absolute Gasteiger partial charge is 0.255 e. The molecular formula is C13H22ClN3O. The van der Waals surface area contributed by atoms with Crippen LogP contribution in [0.4, 0.5) is 0 Å². The van der Waals surface area contributed by atoms with Crippen LogP contribution in [0.1, 0.15) is 48.4 Å². The third-order valence-corrected chi connectivity index (χ3v) is 4.24. The number of halogens is 1. The first-order chi connectivity index (χ1) is 8.40. The monoisotopic (exact) mass is 271 g/mol. The van der Waals surface area contributed by atoms with Crippen molar-refractivity contribution in [3.8, 4) is 0 Å². The molecule has 0 saturated carbocycles. The summed E-state index contributed by atoms with van der Waals surface area (Å²) in [6, 6.07) is 0. The molecule has 0 atom stereocenters. The van der Waals surface area contributed by atoms with Crippen LogP contribution in [0, 0.1) is 13.8 Å². The Hall–Kier alpha value is -1.03. The van der Waals surface area contributed by atoms with Crippen LogP contribution in [-0.2, 0) is 7.05 Å². The van der Waals surface area contributed by atoms with Crippen molar-refractivity contribution in [2.24, 2.45) is 7.05 Å². The highest BCUT2D eigenvalue weighted by Gasteiger charge is 2.29. The maximum absolute atomic E-state index is 12.4. The van der Waals surface area contributed by atoms with Gasteiger partial charge in [0.25, 0.3) is 5.91 Å². The Morgan fingerprint density at radius 1 is 1.39 bits per heavy atom. The van der Waals surface area contributed by atoms with Crippen molar-refractivity contribution in [2.75, 3.05) is 5.88 Å². The number of hydrogen-bond donors (Lipinski definition) is 1. The predicted octanol–water partition coefficient (Wildman–Crippen LogP) is 2.56. The van der Waals surface area contributed by atoms with E-state index in [0.717, 1.165) is 24.2 Å². The van der Waals surface area contributed by atoms with Gasteiger partial charge in [0.15, 0.2) is 0 Å². The summed E-state index contributed by atoms with van der Waals surface area (Å²) >= 11 is 6.01. The molecule has 1 aromatic rings. The van der Waals surface area contributed by atoms with Crippen LogP contribution in [-0.4, -0.2) is 27.1 Å². The number of carbonyl (C=O) groups is 1. The maximum atomic E-state index is 12.4. The van der Waals surface area contributed by atoms with Gasteiger partial charge in [0.2, 0.25) is 0 Å². The molecule has 0 aliphatic rings. The highest BCUT2D eigenvalue weighted by molar-refractivity contribution is 6.19. The fraction of sp³-hybridized carbons (Fsp3) is 0.692. The summed E-state index contributed by atoms with van der Waals surface area (Å²) in [4.78, 5) is 12.4. The zero-order chi connectivity index (χ0) is 13.9. The summed E-state index contributed by atoms with van der Waals surface area (Å²) in [7, 11) is 1.84. The molecular weight excluding hydrogens is 250 g/mol. The van der Waals surface area contributed by atoms with E-state index in [9.17, 15) is 4.79 Å². The largest absolute Gasteiger partial charge is 0.345 e.